The molecule has 0 radical (unpaired) electrons. The first kappa shape index (κ1) is 14.7. The average molecular weight is 290 g/mol. The normalized spacial score (nSPS) is 29.0. The largest absolute Gasteiger partial charge is 0.481 e. The Morgan fingerprint density at radius 3 is 2.47 bits per heavy atom. The van der Waals surface area contributed by atoms with Crippen molar-refractivity contribution >= 4 is 16.2 Å². The van der Waals surface area contributed by atoms with E-state index in [1.807, 2.05) is 6.92 Å². The molecule has 0 spiro atoms. The van der Waals surface area contributed by atoms with Crippen LogP contribution < -0.4 is 4.72 Å². The van der Waals surface area contributed by atoms with Gasteiger partial charge in [-0.2, -0.15) is 17.4 Å². The van der Waals surface area contributed by atoms with Gasteiger partial charge in [0, 0.05) is 25.6 Å². The fraction of sp³-hybridized carbons (Fsp3) is 0.917. The second-order valence-electron chi connectivity index (χ2n) is 5.85. The summed E-state index contributed by atoms with van der Waals surface area (Å²) >= 11 is 0. The zero-order chi connectivity index (χ0) is 14.2. The van der Waals surface area contributed by atoms with Gasteiger partial charge in [-0.1, -0.05) is 0 Å². The maximum Gasteiger partial charge on any atom is 0.303 e. The molecule has 2 aliphatic rings. The highest BCUT2D eigenvalue weighted by Gasteiger charge is 2.38. The van der Waals surface area contributed by atoms with Gasteiger partial charge >= 0.3 is 5.97 Å². The predicted molar refractivity (Wildman–Crippen MR) is 70.8 cm³/mol. The van der Waals surface area contributed by atoms with Crippen molar-refractivity contribution in [1.29, 1.82) is 0 Å². The van der Waals surface area contributed by atoms with Crippen molar-refractivity contribution in [2.75, 3.05) is 7.05 Å². The first-order chi connectivity index (χ1) is 8.79. The lowest BCUT2D eigenvalue weighted by Crippen LogP contribution is -2.51. The van der Waals surface area contributed by atoms with Gasteiger partial charge in [-0.15, -0.1) is 0 Å². The second-order valence-corrected chi connectivity index (χ2v) is 7.61. The molecule has 0 aromatic rings. The van der Waals surface area contributed by atoms with Gasteiger partial charge in [-0.05, 0) is 44.4 Å². The van der Waals surface area contributed by atoms with Gasteiger partial charge in [0.25, 0.3) is 10.2 Å². The summed E-state index contributed by atoms with van der Waals surface area (Å²) in [5.74, 6) is -0.218. The third-order valence-electron chi connectivity index (χ3n) is 4.27. The quantitative estimate of drug-likeness (QED) is 0.726. The van der Waals surface area contributed by atoms with E-state index in [9.17, 15) is 13.2 Å². The number of carbonyl (C=O) groups is 1. The van der Waals surface area contributed by atoms with Gasteiger partial charge in [0.15, 0.2) is 0 Å². The lowest BCUT2D eigenvalue weighted by molar-refractivity contribution is -0.138. The Morgan fingerprint density at radius 2 is 2.00 bits per heavy atom. The Bertz CT molecular complexity index is 441. The fourth-order valence-corrected chi connectivity index (χ4v) is 4.02. The molecule has 2 aliphatic carbocycles. The van der Waals surface area contributed by atoms with Crippen LogP contribution in [-0.2, 0) is 15.0 Å². The number of nitrogens with one attached hydrogen (secondary N) is 1. The summed E-state index contributed by atoms with van der Waals surface area (Å²) in [6.07, 6.45) is 3.58. The second kappa shape index (κ2) is 5.38. The number of aliphatic carboxylic acids is 1. The maximum atomic E-state index is 12.1. The smallest absolute Gasteiger partial charge is 0.303 e. The first-order valence-corrected chi connectivity index (χ1v) is 8.20. The van der Waals surface area contributed by atoms with Gasteiger partial charge in [0.2, 0.25) is 0 Å². The van der Waals surface area contributed by atoms with Gasteiger partial charge < -0.3 is 5.11 Å². The predicted octanol–water partition coefficient (Wildman–Crippen LogP) is 0.804. The Balaban J connectivity index is 1.80. The molecular formula is C12H22N2O4S. The summed E-state index contributed by atoms with van der Waals surface area (Å²) in [5.41, 5.74) is 0. The zero-order valence-corrected chi connectivity index (χ0v) is 12.2. The number of nitrogens with zero attached hydrogens (tertiary/aromatic N) is 1. The summed E-state index contributed by atoms with van der Waals surface area (Å²) in [4.78, 5) is 10.5. The molecule has 2 rings (SSSR count). The maximum absolute atomic E-state index is 12.1. The van der Waals surface area contributed by atoms with Crippen LogP contribution in [0.2, 0.25) is 0 Å². The van der Waals surface area contributed by atoms with Crippen molar-refractivity contribution in [1.82, 2.24) is 9.03 Å². The number of carboxylic acid groups (broad SMARTS) is 1. The third kappa shape index (κ3) is 3.67. The van der Waals surface area contributed by atoms with Gasteiger partial charge in [0.05, 0.1) is 0 Å². The van der Waals surface area contributed by atoms with Gasteiger partial charge in [-0.3, -0.25) is 4.79 Å². The van der Waals surface area contributed by atoms with Crippen molar-refractivity contribution in [2.45, 2.75) is 51.1 Å². The fourth-order valence-electron chi connectivity index (χ4n) is 2.63. The molecule has 0 heterocycles. The van der Waals surface area contributed by atoms with Crippen molar-refractivity contribution in [2.24, 2.45) is 11.8 Å². The highest BCUT2D eigenvalue weighted by atomic mass is 32.2. The van der Waals surface area contributed by atoms with Crippen molar-refractivity contribution < 1.29 is 18.3 Å². The lowest BCUT2D eigenvalue weighted by Gasteiger charge is -2.36. The average Bonchev–Trinajstić information content (AvgIpc) is 3.07. The molecule has 1 unspecified atom stereocenters. The van der Waals surface area contributed by atoms with Crippen LogP contribution >= 0.6 is 0 Å². The SMILES string of the molecule is CC(C1CC1)N(C)S(=O)(=O)NC1CC(CC(=O)O)C1. The molecule has 6 nitrogen and oxygen atoms in total. The standard InChI is InChI=1S/C12H22N2O4S/c1-8(10-3-4-10)14(2)19(17,18)13-11-5-9(6-11)7-12(15)16/h8-11,13H,3-7H2,1-2H3,(H,15,16). The van der Waals surface area contributed by atoms with E-state index in [1.165, 1.54) is 4.31 Å². The van der Waals surface area contributed by atoms with Crippen LogP contribution in [0.4, 0.5) is 0 Å². The van der Waals surface area contributed by atoms with Crippen molar-refractivity contribution in [3.05, 3.63) is 0 Å². The molecule has 0 amide bonds. The van der Waals surface area contributed by atoms with Gasteiger partial charge in [-0.25, -0.2) is 0 Å². The molecule has 1 atom stereocenters. The van der Waals surface area contributed by atoms with Crippen LogP contribution in [0.5, 0.6) is 0 Å². The van der Waals surface area contributed by atoms with Crippen LogP contribution in [0.25, 0.3) is 0 Å². The van der Waals surface area contributed by atoms with E-state index in [-0.39, 0.29) is 24.4 Å². The Morgan fingerprint density at radius 1 is 1.42 bits per heavy atom. The molecule has 0 bridgehead atoms. The van der Waals surface area contributed by atoms with E-state index in [4.69, 9.17) is 5.11 Å². The lowest BCUT2D eigenvalue weighted by atomic mass is 9.79. The molecule has 2 saturated carbocycles. The van der Waals surface area contributed by atoms with E-state index in [2.05, 4.69) is 4.72 Å². The summed E-state index contributed by atoms with van der Waals surface area (Å²) in [5, 5.41) is 8.65. The highest BCUT2D eigenvalue weighted by Crippen LogP contribution is 2.36. The minimum atomic E-state index is -3.44. The van der Waals surface area contributed by atoms with Crippen LogP contribution in [-0.4, -0.2) is 42.9 Å². The Kier molecular flexibility index (Phi) is 4.17. The Labute approximate surface area is 114 Å². The molecule has 110 valence electrons. The topological polar surface area (TPSA) is 86.7 Å². The van der Waals surface area contributed by atoms with Crippen molar-refractivity contribution in [3.8, 4) is 0 Å². The monoisotopic (exact) mass is 290 g/mol. The number of carboxylic acids is 1. The summed E-state index contributed by atoms with van der Waals surface area (Å²) in [7, 11) is -1.83. The van der Waals surface area contributed by atoms with E-state index in [0.29, 0.717) is 18.8 Å². The minimum Gasteiger partial charge on any atom is -0.481 e. The molecule has 0 aliphatic heterocycles. The summed E-state index contributed by atoms with van der Waals surface area (Å²) < 4.78 is 28.3. The molecule has 2 N–H and O–H groups in total. The molecular weight excluding hydrogens is 268 g/mol. The van der Waals surface area contributed by atoms with Crippen LogP contribution in [0.15, 0.2) is 0 Å². The number of rotatable bonds is 7. The van der Waals surface area contributed by atoms with E-state index >= 15 is 0 Å². The number of hydrogen-bond donors (Lipinski definition) is 2. The van der Waals surface area contributed by atoms with E-state index in [1.54, 1.807) is 7.05 Å². The molecule has 19 heavy (non-hydrogen) atoms. The third-order valence-corrected chi connectivity index (χ3v) is 5.99. The Hall–Kier alpha value is -0.660. The van der Waals surface area contributed by atoms with Crippen molar-refractivity contribution in [3.63, 3.8) is 0 Å². The first-order valence-electron chi connectivity index (χ1n) is 6.76. The van der Waals surface area contributed by atoms with E-state index < -0.39 is 16.2 Å². The van der Waals surface area contributed by atoms with Gasteiger partial charge in [0.1, 0.15) is 0 Å². The molecule has 0 aromatic heterocycles. The van der Waals surface area contributed by atoms with Crippen LogP contribution in [0.3, 0.4) is 0 Å². The molecule has 7 heteroatoms. The van der Waals surface area contributed by atoms with Crippen LogP contribution in [0, 0.1) is 11.8 Å². The molecule has 0 aromatic carbocycles. The highest BCUT2D eigenvalue weighted by molar-refractivity contribution is 7.87. The molecule has 2 fully saturated rings. The minimum absolute atomic E-state index is 0.0346. The van der Waals surface area contributed by atoms with E-state index in [0.717, 1.165) is 12.8 Å². The zero-order valence-electron chi connectivity index (χ0n) is 11.4. The number of hydrogen-bond acceptors (Lipinski definition) is 3. The summed E-state index contributed by atoms with van der Waals surface area (Å²) in [6, 6.07) is -0.0735. The summed E-state index contributed by atoms with van der Waals surface area (Å²) in [6.45, 7) is 1.94. The molecule has 0 saturated heterocycles. The van der Waals surface area contributed by atoms with Crippen LogP contribution in [0.1, 0.15) is 39.0 Å².